The van der Waals surface area contributed by atoms with Gasteiger partial charge in [0.05, 0.1) is 13.7 Å². The van der Waals surface area contributed by atoms with Crippen LogP contribution in [0.1, 0.15) is 6.92 Å². The van der Waals surface area contributed by atoms with Crippen molar-refractivity contribution < 1.29 is 14.3 Å². The van der Waals surface area contributed by atoms with Crippen LogP contribution in [0, 0.1) is 0 Å². The Morgan fingerprint density at radius 3 is 2.42 bits per heavy atom. The van der Waals surface area contributed by atoms with Gasteiger partial charge in [-0.15, -0.1) is 0 Å². The molecule has 0 aliphatic carbocycles. The summed E-state index contributed by atoms with van der Waals surface area (Å²) in [6, 6.07) is 0. The quantitative estimate of drug-likeness (QED) is 0.354. The monoisotopic (exact) mass is 173 g/mol. The predicted octanol–water partition coefficient (Wildman–Crippen LogP) is 0.599. The standard InChI is InChI=1S/C8H15NO3/c1-5-12-8(10)7(11-4)6-9(2)3/h6H,5H2,1-4H3. The zero-order valence-corrected chi connectivity index (χ0v) is 7.96. The Morgan fingerprint density at radius 2 is 2.08 bits per heavy atom. The molecule has 0 heterocycles. The van der Waals surface area contributed by atoms with E-state index in [-0.39, 0.29) is 5.76 Å². The number of esters is 1. The van der Waals surface area contributed by atoms with E-state index in [2.05, 4.69) is 0 Å². The van der Waals surface area contributed by atoms with Crippen LogP contribution in [-0.2, 0) is 14.3 Å². The van der Waals surface area contributed by atoms with Crippen molar-refractivity contribution >= 4 is 5.97 Å². The molecule has 0 N–H and O–H groups in total. The van der Waals surface area contributed by atoms with Crippen molar-refractivity contribution in [1.29, 1.82) is 0 Å². The third kappa shape index (κ3) is 3.85. The molecule has 0 saturated heterocycles. The van der Waals surface area contributed by atoms with E-state index in [1.165, 1.54) is 7.11 Å². The highest BCUT2D eigenvalue weighted by Gasteiger charge is 2.10. The number of methoxy groups -OCH3 is 1. The van der Waals surface area contributed by atoms with Gasteiger partial charge in [0.2, 0.25) is 5.76 Å². The van der Waals surface area contributed by atoms with Crippen LogP contribution in [0.3, 0.4) is 0 Å². The molecule has 0 amide bonds. The fourth-order valence-electron chi connectivity index (χ4n) is 0.625. The third-order valence-electron chi connectivity index (χ3n) is 1.07. The molecule has 0 atom stereocenters. The average Bonchev–Trinajstić information content (AvgIpc) is 2.00. The summed E-state index contributed by atoms with van der Waals surface area (Å²) in [5, 5.41) is 0. The molecule has 0 spiro atoms. The van der Waals surface area contributed by atoms with Gasteiger partial charge in [-0.1, -0.05) is 0 Å². The Labute approximate surface area is 72.8 Å². The topological polar surface area (TPSA) is 38.8 Å². The summed E-state index contributed by atoms with van der Waals surface area (Å²) in [5.41, 5.74) is 0. The maximum Gasteiger partial charge on any atom is 0.375 e. The number of hydrogen-bond acceptors (Lipinski definition) is 4. The van der Waals surface area contributed by atoms with Crippen LogP contribution < -0.4 is 0 Å². The first kappa shape index (κ1) is 10.8. The second-order valence-electron chi connectivity index (χ2n) is 2.38. The molecule has 0 radical (unpaired) electrons. The van der Waals surface area contributed by atoms with Crippen LogP contribution in [0.15, 0.2) is 12.0 Å². The largest absolute Gasteiger partial charge is 0.489 e. The third-order valence-corrected chi connectivity index (χ3v) is 1.07. The molecule has 0 saturated carbocycles. The molecule has 0 aliphatic heterocycles. The highest BCUT2D eigenvalue weighted by atomic mass is 16.6. The van der Waals surface area contributed by atoms with Gasteiger partial charge in [-0.05, 0) is 6.92 Å². The van der Waals surface area contributed by atoms with Crippen LogP contribution in [0.25, 0.3) is 0 Å². The van der Waals surface area contributed by atoms with Crippen molar-refractivity contribution in [2.45, 2.75) is 6.92 Å². The SMILES string of the molecule is CCOC(=O)C(=CN(C)C)OC. The van der Waals surface area contributed by atoms with Crippen LogP contribution >= 0.6 is 0 Å². The number of hydrogen-bond donors (Lipinski definition) is 0. The van der Waals surface area contributed by atoms with Gasteiger partial charge >= 0.3 is 5.97 Å². The lowest BCUT2D eigenvalue weighted by molar-refractivity contribution is -0.142. The maximum atomic E-state index is 11.1. The van der Waals surface area contributed by atoms with Gasteiger partial charge in [-0.25, -0.2) is 4.79 Å². The fraction of sp³-hybridized carbons (Fsp3) is 0.625. The lowest BCUT2D eigenvalue weighted by Crippen LogP contribution is -2.13. The Bertz CT molecular complexity index is 175. The summed E-state index contributed by atoms with van der Waals surface area (Å²) in [6.07, 6.45) is 1.57. The van der Waals surface area contributed by atoms with Gasteiger partial charge in [-0.2, -0.15) is 0 Å². The van der Waals surface area contributed by atoms with E-state index in [0.717, 1.165) is 0 Å². The van der Waals surface area contributed by atoms with Crippen molar-refractivity contribution in [3.63, 3.8) is 0 Å². The highest BCUT2D eigenvalue weighted by Crippen LogP contribution is 1.99. The van der Waals surface area contributed by atoms with Crippen molar-refractivity contribution in [3.8, 4) is 0 Å². The van der Waals surface area contributed by atoms with Gasteiger partial charge in [0.1, 0.15) is 0 Å². The summed E-state index contributed by atoms with van der Waals surface area (Å²) in [4.78, 5) is 12.8. The Morgan fingerprint density at radius 1 is 1.50 bits per heavy atom. The van der Waals surface area contributed by atoms with Gasteiger partial charge in [0.15, 0.2) is 0 Å². The van der Waals surface area contributed by atoms with Crippen molar-refractivity contribution in [2.24, 2.45) is 0 Å². The summed E-state index contributed by atoms with van der Waals surface area (Å²) < 4.78 is 9.56. The number of rotatable bonds is 4. The Balaban J connectivity index is 4.23. The molecular weight excluding hydrogens is 158 g/mol. The van der Waals surface area contributed by atoms with E-state index < -0.39 is 5.97 Å². The first-order valence-corrected chi connectivity index (χ1v) is 3.71. The lowest BCUT2D eigenvalue weighted by Gasteiger charge is -2.09. The van der Waals surface area contributed by atoms with E-state index >= 15 is 0 Å². The highest BCUT2D eigenvalue weighted by molar-refractivity contribution is 5.86. The van der Waals surface area contributed by atoms with E-state index in [0.29, 0.717) is 6.61 Å². The van der Waals surface area contributed by atoms with Gasteiger partial charge < -0.3 is 14.4 Å². The molecular formula is C8H15NO3. The summed E-state index contributed by atoms with van der Waals surface area (Å²) in [5.74, 6) is -0.226. The van der Waals surface area contributed by atoms with E-state index in [9.17, 15) is 4.79 Å². The molecule has 0 unspecified atom stereocenters. The van der Waals surface area contributed by atoms with Gasteiger partial charge in [-0.3, -0.25) is 0 Å². The minimum Gasteiger partial charge on any atom is -0.489 e. The molecule has 4 nitrogen and oxygen atoms in total. The molecule has 0 aromatic heterocycles. The summed E-state index contributed by atoms with van der Waals surface area (Å²) in [7, 11) is 5.04. The number of carbonyl (C=O) groups is 1. The Kier molecular flexibility index (Phi) is 4.92. The number of ether oxygens (including phenoxy) is 2. The molecule has 12 heavy (non-hydrogen) atoms. The fourth-order valence-corrected chi connectivity index (χ4v) is 0.625. The number of nitrogens with zero attached hydrogens (tertiary/aromatic N) is 1. The first-order valence-electron chi connectivity index (χ1n) is 3.71. The molecule has 0 aromatic rings. The molecule has 4 heteroatoms. The number of carbonyl (C=O) groups excluding carboxylic acids is 1. The smallest absolute Gasteiger partial charge is 0.375 e. The lowest BCUT2D eigenvalue weighted by atomic mass is 10.5. The molecule has 0 rings (SSSR count). The maximum absolute atomic E-state index is 11.1. The van der Waals surface area contributed by atoms with Crippen LogP contribution in [0.2, 0.25) is 0 Å². The summed E-state index contributed by atoms with van der Waals surface area (Å²) >= 11 is 0. The van der Waals surface area contributed by atoms with E-state index in [1.807, 2.05) is 0 Å². The average molecular weight is 173 g/mol. The molecule has 0 aliphatic rings. The van der Waals surface area contributed by atoms with Gasteiger partial charge in [0.25, 0.3) is 0 Å². The molecule has 0 bridgehead atoms. The minimum atomic E-state index is -0.436. The molecule has 70 valence electrons. The van der Waals surface area contributed by atoms with Crippen LogP contribution in [-0.4, -0.2) is 38.7 Å². The zero-order valence-electron chi connectivity index (χ0n) is 7.96. The first-order chi connectivity index (χ1) is 5.61. The summed E-state index contributed by atoms with van der Waals surface area (Å²) in [6.45, 7) is 2.10. The van der Waals surface area contributed by atoms with E-state index in [1.54, 1.807) is 32.1 Å². The van der Waals surface area contributed by atoms with Crippen molar-refractivity contribution in [1.82, 2.24) is 4.90 Å². The van der Waals surface area contributed by atoms with Crippen LogP contribution in [0.5, 0.6) is 0 Å². The van der Waals surface area contributed by atoms with Crippen LogP contribution in [0.4, 0.5) is 0 Å². The minimum absolute atomic E-state index is 0.210. The van der Waals surface area contributed by atoms with Gasteiger partial charge in [0, 0.05) is 20.3 Å². The second kappa shape index (κ2) is 5.46. The molecule has 0 fully saturated rings. The van der Waals surface area contributed by atoms with E-state index in [4.69, 9.17) is 9.47 Å². The second-order valence-corrected chi connectivity index (χ2v) is 2.38. The van der Waals surface area contributed by atoms with Crippen molar-refractivity contribution in [3.05, 3.63) is 12.0 Å². The normalized spacial score (nSPS) is 10.8. The zero-order chi connectivity index (χ0) is 9.56. The predicted molar refractivity (Wildman–Crippen MR) is 45.4 cm³/mol. The molecule has 0 aromatic carbocycles. The Hall–Kier alpha value is -1.19. The van der Waals surface area contributed by atoms with Crippen molar-refractivity contribution in [2.75, 3.05) is 27.8 Å².